The van der Waals surface area contributed by atoms with Gasteiger partial charge < -0.3 is 14.5 Å². The Bertz CT molecular complexity index is 916. The van der Waals surface area contributed by atoms with Gasteiger partial charge >= 0.3 is 6.09 Å². The van der Waals surface area contributed by atoms with Crippen LogP contribution in [0.25, 0.3) is 0 Å². The van der Waals surface area contributed by atoms with Crippen molar-refractivity contribution in [2.75, 3.05) is 13.1 Å². The Morgan fingerprint density at radius 2 is 1.86 bits per heavy atom. The largest absolute Gasteiger partial charge is 0.415 e. The second-order valence-electron chi connectivity index (χ2n) is 7.21. The molecule has 1 aromatic carbocycles. The Morgan fingerprint density at radius 3 is 2.52 bits per heavy atom. The standard InChI is InChI=1S/C22H24N4O3/c1-17-2-3-19(15-24-17)14-18-4-6-20(7-5-18)28-22(27)25-11-8-21(9-12-25)29-26-13-10-23-16-26/h2-7,10,13,15-16,21H,8-9,11-12,14H2,1H3. The predicted octanol–water partition coefficient (Wildman–Crippen LogP) is 3.27. The lowest BCUT2D eigenvalue weighted by molar-refractivity contribution is -0.0000188. The van der Waals surface area contributed by atoms with Crippen molar-refractivity contribution in [1.82, 2.24) is 19.6 Å². The Morgan fingerprint density at radius 1 is 1.10 bits per heavy atom. The van der Waals surface area contributed by atoms with Gasteiger partial charge in [-0.1, -0.05) is 18.2 Å². The number of carbonyl (C=O) groups excluding carboxylic acids is 1. The molecule has 1 saturated heterocycles. The molecule has 1 fully saturated rings. The minimum absolute atomic E-state index is 0.0730. The summed E-state index contributed by atoms with van der Waals surface area (Å²) in [7, 11) is 0. The van der Waals surface area contributed by atoms with E-state index in [1.807, 2.05) is 43.5 Å². The summed E-state index contributed by atoms with van der Waals surface area (Å²) in [6, 6.07) is 11.7. The zero-order valence-electron chi connectivity index (χ0n) is 16.4. The lowest BCUT2D eigenvalue weighted by Gasteiger charge is -2.31. The molecule has 0 spiro atoms. The van der Waals surface area contributed by atoms with Gasteiger partial charge in [0.2, 0.25) is 0 Å². The van der Waals surface area contributed by atoms with Crippen molar-refractivity contribution in [3.8, 4) is 5.75 Å². The van der Waals surface area contributed by atoms with Gasteiger partial charge in [0.25, 0.3) is 0 Å². The molecule has 7 heteroatoms. The highest BCUT2D eigenvalue weighted by molar-refractivity contribution is 5.70. The van der Waals surface area contributed by atoms with Crippen LogP contribution >= 0.6 is 0 Å². The summed E-state index contributed by atoms with van der Waals surface area (Å²) in [4.78, 5) is 28.2. The zero-order valence-corrected chi connectivity index (χ0v) is 16.4. The first-order valence-electron chi connectivity index (χ1n) is 9.78. The van der Waals surface area contributed by atoms with Crippen LogP contribution in [0, 0.1) is 6.92 Å². The van der Waals surface area contributed by atoms with Crippen LogP contribution in [0.15, 0.2) is 61.3 Å². The lowest BCUT2D eigenvalue weighted by atomic mass is 10.1. The summed E-state index contributed by atoms with van der Waals surface area (Å²) in [6.45, 7) is 3.19. The molecule has 0 radical (unpaired) electrons. The SMILES string of the molecule is Cc1ccc(Cc2ccc(OC(=O)N3CCC(On4ccnc4)CC3)cc2)cn1. The number of nitrogens with zero attached hydrogens (tertiary/aromatic N) is 4. The molecular weight excluding hydrogens is 368 g/mol. The van der Waals surface area contributed by atoms with Gasteiger partial charge in [0.1, 0.15) is 18.2 Å². The number of carbonyl (C=O) groups is 1. The third-order valence-electron chi connectivity index (χ3n) is 4.96. The number of hydrogen-bond acceptors (Lipinski definition) is 5. The van der Waals surface area contributed by atoms with Crippen LogP contribution in [-0.4, -0.2) is 44.9 Å². The van der Waals surface area contributed by atoms with E-state index >= 15 is 0 Å². The average molecular weight is 392 g/mol. The second kappa shape index (κ2) is 8.77. The van der Waals surface area contributed by atoms with Gasteiger partial charge in [-0.15, -0.1) is 0 Å². The van der Waals surface area contributed by atoms with E-state index in [4.69, 9.17) is 9.57 Å². The molecule has 0 N–H and O–H groups in total. The number of piperidine rings is 1. The van der Waals surface area contributed by atoms with Crippen LogP contribution in [0.3, 0.4) is 0 Å². The van der Waals surface area contributed by atoms with Crippen molar-refractivity contribution < 1.29 is 14.4 Å². The molecule has 1 aliphatic heterocycles. The molecular formula is C22H24N4O3. The summed E-state index contributed by atoms with van der Waals surface area (Å²) < 4.78 is 7.14. The number of benzene rings is 1. The minimum atomic E-state index is -0.318. The number of imidazole rings is 1. The first-order chi connectivity index (χ1) is 14.2. The maximum atomic E-state index is 12.4. The van der Waals surface area contributed by atoms with E-state index < -0.39 is 0 Å². The van der Waals surface area contributed by atoms with Gasteiger partial charge in [0, 0.05) is 44.0 Å². The smallest absolute Gasteiger partial charge is 0.410 e. The molecule has 3 heterocycles. The van der Waals surface area contributed by atoms with E-state index in [0.717, 1.165) is 36.1 Å². The predicted molar refractivity (Wildman–Crippen MR) is 108 cm³/mol. The van der Waals surface area contributed by atoms with Crippen molar-refractivity contribution in [3.63, 3.8) is 0 Å². The maximum Gasteiger partial charge on any atom is 0.415 e. The Kier molecular flexibility index (Phi) is 5.74. The van der Waals surface area contributed by atoms with E-state index in [9.17, 15) is 4.79 Å². The number of hydrogen-bond donors (Lipinski definition) is 0. The van der Waals surface area contributed by atoms with Crippen LogP contribution in [0.4, 0.5) is 4.79 Å². The topological polar surface area (TPSA) is 69.5 Å². The molecule has 1 amide bonds. The molecule has 1 aliphatic rings. The number of rotatable bonds is 5. The third kappa shape index (κ3) is 5.13. The molecule has 0 aliphatic carbocycles. The fraction of sp³-hybridized carbons (Fsp3) is 0.318. The van der Waals surface area contributed by atoms with Gasteiger partial charge in [-0.25, -0.2) is 9.78 Å². The van der Waals surface area contributed by atoms with E-state index in [1.165, 1.54) is 0 Å². The first-order valence-corrected chi connectivity index (χ1v) is 9.78. The van der Waals surface area contributed by atoms with Crippen molar-refractivity contribution in [2.24, 2.45) is 0 Å². The molecule has 2 aromatic heterocycles. The van der Waals surface area contributed by atoms with Crippen LogP contribution in [-0.2, 0) is 6.42 Å². The van der Waals surface area contributed by atoms with Crippen molar-refractivity contribution in [2.45, 2.75) is 32.3 Å². The number of aromatic nitrogens is 3. The highest BCUT2D eigenvalue weighted by atomic mass is 16.7. The first kappa shape index (κ1) is 19.0. The van der Waals surface area contributed by atoms with Gasteiger partial charge in [0.05, 0.1) is 6.20 Å². The Labute approximate surface area is 169 Å². The number of aryl methyl sites for hydroxylation is 1. The van der Waals surface area contributed by atoms with Crippen molar-refractivity contribution in [3.05, 3.63) is 78.1 Å². The third-order valence-corrected chi connectivity index (χ3v) is 4.96. The van der Waals surface area contributed by atoms with Gasteiger partial charge in [0.15, 0.2) is 0 Å². The average Bonchev–Trinajstić information content (AvgIpc) is 3.25. The van der Waals surface area contributed by atoms with Crippen molar-refractivity contribution >= 4 is 6.09 Å². The Balaban J connectivity index is 1.26. The Hall–Kier alpha value is -3.35. The number of likely N-dealkylation sites (tertiary alicyclic amines) is 1. The second-order valence-corrected chi connectivity index (χ2v) is 7.21. The van der Waals surface area contributed by atoms with Crippen LogP contribution in [0.2, 0.25) is 0 Å². The normalized spacial score (nSPS) is 14.6. The summed E-state index contributed by atoms with van der Waals surface area (Å²) in [5.41, 5.74) is 3.31. The number of ether oxygens (including phenoxy) is 1. The molecule has 0 unspecified atom stereocenters. The fourth-order valence-corrected chi connectivity index (χ4v) is 3.30. The summed E-state index contributed by atoms with van der Waals surface area (Å²) in [6.07, 6.45) is 9.03. The highest BCUT2D eigenvalue weighted by Crippen LogP contribution is 2.18. The van der Waals surface area contributed by atoms with Gasteiger partial charge in [-0.3, -0.25) is 4.98 Å². The summed E-state index contributed by atoms with van der Waals surface area (Å²) in [5, 5.41) is 0. The van der Waals surface area contributed by atoms with Crippen LogP contribution in [0.5, 0.6) is 5.75 Å². The summed E-state index contributed by atoms with van der Waals surface area (Å²) in [5.74, 6) is 0.553. The lowest BCUT2D eigenvalue weighted by Crippen LogP contribution is -2.44. The highest BCUT2D eigenvalue weighted by Gasteiger charge is 2.25. The molecule has 0 bridgehead atoms. The molecule has 0 atom stereocenters. The molecule has 0 saturated carbocycles. The molecule has 4 rings (SSSR count). The minimum Gasteiger partial charge on any atom is -0.410 e. The van der Waals surface area contributed by atoms with E-state index in [0.29, 0.717) is 18.8 Å². The number of pyridine rings is 1. The quantitative estimate of drug-likeness (QED) is 0.667. The molecule has 3 aromatic rings. The van der Waals surface area contributed by atoms with Gasteiger partial charge in [-0.2, -0.15) is 4.73 Å². The van der Waals surface area contributed by atoms with E-state index in [2.05, 4.69) is 16.0 Å². The van der Waals surface area contributed by atoms with Crippen LogP contribution < -0.4 is 9.57 Å². The zero-order chi connectivity index (χ0) is 20.1. The maximum absolute atomic E-state index is 12.4. The van der Waals surface area contributed by atoms with Crippen LogP contribution in [0.1, 0.15) is 29.7 Å². The van der Waals surface area contributed by atoms with E-state index in [1.54, 1.807) is 28.4 Å². The van der Waals surface area contributed by atoms with Crippen molar-refractivity contribution in [1.29, 1.82) is 0 Å². The summed E-state index contributed by atoms with van der Waals surface area (Å²) >= 11 is 0. The molecule has 29 heavy (non-hydrogen) atoms. The molecule has 7 nitrogen and oxygen atoms in total. The monoisotopic (exact) mass is 392 g/mol. The van der Waals surface area contributed by atoms with E-state index in [-0.39, 0.29) is 12.2 Å². The number of amides is 1. The molecule has 150 valence electrons. The van der Waals surface area contributed by atoms with Gasteiger partial charge in [-0.05, 0) is 42.7 Å². The fourth-order valence-electron chi connectivity index (χ4n) is 3.30.